The van der Waals surface area contributed by atoms with Crippen molar-refractivity contribution in [2.75, 3.05) is 50.8 Å². The van der Waals surface area contributed by atoms with E-state index in [0.717, 1.165) is 49.2 Å². The number of hydrogen-bond acceptors (Lipinski definition) is 7. The van der Waals surface area contributed by atoms with Crippen LogP contribution >= 0.6 is 0 Å². The summed E-state index contributed by atoms with van der Waals surface area (Å²) in [5.41, 5.74) is 1.00. The third-order valence-electron chi connectivity index (χ3n) is 5.02. The van der Waals surface area contributed by atoms with Gasteiger partial charge in [0.25, 0.3) is 0 Å². The maximum absolute atomic E-state index is 12.5. The molecule has 8 heteroatoms. The molecule has 1 saturated heterocycles. The molecule has 4 rings (SSSR count). The van der Waals surface area contributed by atoms with Gasteiger partial charge in [0.05, 0.1) is 12.6 Å². The maximum atomic E-state index is 12.5. The summed E-state index contributed by atoms with van der Waals surface area (Å²) < 4.78 is 11.2. The van der Waals surface area contributed by atoms with Crippen molar-refractivity contribution >= 4 is 11.9 Å². The van der Waals surface area contributed by atoms with E-state index < -0.39 is 0 Å². The van der Waals surface area contributed by atoms with Crippen molar-refractivity contribution in [1.82, 2.24) is 20.2 Å². The minimum Gasteiger partial charge on any atom is -0.486 e. The van der Waals surface area contributed by atoms with E-state index in [1.54, 1.807) is 12.4 Å². The Bertz CT molecular complexity index is 809. The number of rotatable bonds is 5. The zero-order valence-electron chi connectivity index (χ0n) is 16.0. The molecule has 1 aromatic heterocycles. The predicted molar refractivity (Wildman–Crippen MR) is 105 cm³/mol. The van der Waals surface area contributed by atoms with Crippen LogP contribution in [0.4, 0.5) is 5.95 Å². The van der Waals surface area contributed by atoms with Crippen molar-refractivity contribution in [3.8, 4) is 11.5 Å². The Kier molecular flexibility index (Phi) is 5.57. The van der Waals surface area contributed by atoms with Crippen LogP contribution in [0.15, 0.2) is 36.7 Å². The smallest absolute Gasteiger partial charge is 0.234 e. The second-order valence-corrected chi connectivity index (χ2v) is 7.00. The van der Waals surface area contributed by atoms with Crippen LogP contribution in [0, 0.1) is 0 Å². The fourth-order valence-corrected chi connectivity index (χ4v) is 3.46. The minimum absolute atomic E-state index is 0.0202. The monoisotopic (exact) mass is 383 g/mol. The SMILES string of the molecule is C[C@H](NC(=O)CN1CCN(c2ncccn2)CC1)c1ccc2c(c1)OCCO2. The molecule has 2 aliphatic heterocycles. The number of anilines is 1. The van der Waals surface area contributed by atoms with Crippen LogP contribution in [0.3, 0.4) is 0 Å². The molecule has 0 aliphatic carbocycles. The van der Waals surface area contributed by atoms with Crippen LogP contribution in [0.5, 0.6) is 11.5 Å². The lowest BCUT2D eigenvalue weighted by atomic mass is 10.1. The Morgan fingerprint density at radius 2 is 1.82 bits per heavy atom. The first kappa shape index (κ1) is 18.5. The van der Waals surface area contributed by atoms with Gasteiger partial charge in [-0.2, -0.15) is 0 Å². The van der Waals surface area contributed by atoms with Crippen molar-refractivity contribution in [1.29, 1.82) is 0 Å². The molecule has 1 N–H and O–H groups in total. The first-order chi connectivity index (χ1) is 13.7. The Balaban J connectivity index is 1.27. The average Bonchev–Trinajstić information content (AvgIpc) is 2.74. The molecule has 1 atom stereocenters. The van der Waals surface area contributed by atoms with Gasteiger partial charge in [0, 0.05) is 38.6 Å². The van der Waals surface area contributed by atoms with Crippen LogP contribution in [0.1, 0.15) is 18.5 Å². The molecule has 148 valence electrons. The van der Waals surface area contributed by atoms with Gasteiger partial charge in [0.15, 0.2) is 11.5 Å². The summed E-state index contributed by atoms with van der Waals surface area (Å²) in [6.45, 7) is 6.74. The largest absolute Gasteiger partial charge is 0.486 e. The zero-order chi connectivity index (χ0) is 19.3. The summed E-state index contributed by atoms with van der Waals surface area (Å²) >= 11 is 0. The standard InChI is InChI=1S/C20H25N5O3/c1-15(16-3-4-17-18(13-16)28-12-11-27-17)23-19(26)14-24-7-9-25(10-8-24)20-21-5-2-6-22-20/h2-6,13,15H,7-12,14H2,1H3,(H,23,26)/t15-/m0/s1. The Morgan fingerprint density at radius 3 is 2.57 bits per heavy atom. The molecule has 0 unspecified atom stereocenters. The fourth-order valence-electron chi connectivity index (χ4n) is 3.46. The lowest BCUT2D eigenvalue weighted by Gasteiger charge is -2.34. The lowest BCUT2D eigenvalue weighted by molar-refractivity contribution is -0.123. The van der Waals surface area contributed by atoms with Gasteiger partial charge in [0.1, 0.15) is 13.2 Å². The summed E-state index contributed by atoms with van der Waals surface area (Å²) in [7, 11) is 0. The van der Waals surface area contributed by atoms with Crippen LogP contribution in [0.25, 0.3) is 0 Å². The van der Waals surface area contributed by atoms with Crippen LogP contribution in [-0.2, 0) is 4.79 Å². The first-order valence-electron chi connectivity index (χ1n) is 9.62. The second-order valence-electron chi connectivity index (χ2n) is 7.00. The number of ether oxygens (including phenoxy) is 2. The van der Waals surface area contributed by atoms with E-state index in [4.69, 9.17) is 9.47 Å². The van der Waals surface area contributed by atoms with Gasteiger partial charge in [-0.25, -0.2) is 9.97 Å². The van der Waals surface area contributed by atoms with Crippen molar-refractivity contribution in [3.05, 3.63) is 42.2 Å². The van der Waals surface area contributed by atoms with E-state index in [9.17, 15) is 4.79 Å². The number of nitrogens with zero attached hydrogens (tertiary/aromatic N) is 4. The lowest BCUT2D eigenvalue weighted by Crippen LogP contribution is -2.50. The Morgan fingerprint density at radius 1 is 1.11 bits per heavy atom. The number of amides is 1. The van der Waals surface area contributed by atoms with E-state index >= 15 is 0 Å². The summed E-state index contributed by atoms with van der Waals surface area (Å²) in [5, 5.41) is 3.08. The Hall–Kier alpha value is -2.87. The maximum Gasteiger partial charge on any atom is 0.234 e. The third kappa shape index (κ3) is 4.33. The van der Waals surface area contributed by atoms with Crippen LogP contribution in [-0.4, -0.2) is 66.7 Å². The normalized spacial score (nSPS) is 17.8. The number of aromatic nitrogens is 2. The van der Waals surface area contributed by atoms with E-state index in [1.807, 2.05) is 31.2 Å². The van der Waals surface area contributed by atoms with Gasteiger partial charge < -0.3 is 19.7 Å². The summed E-state index contributed by atoms with van der Waals surface area (Å²) in [6, 6.07) is 7.53. The van der Waals surface area contributed by atoms with Gasteiger partial charge in [-0.1, -0.05) is 6.07 Å². The number of benzene rings is 1. The molecule has 0 radical (unpaired) electrons. The highest BCUT2D eigenvalue weighted by atomic mass is 16.6. The summed E-state index contributed by atoms with van der Waals surface area (Å²) in [6.07, 6.45) is 3.50. The second kappa shape index (κ2) is 8.43. The highest BCUT2D eigenvalue weighted by molar-refractivity contribution is 5.78. The highest BCUT2D eigenvalue weighted by Crippen LogP contribution is 2.32. The van der Waals surface area contributed by atoms with Crippen molar-refractivity contribution in [2.24, 2.45) is 0 Å². The topological polar surface area (TPSA) is 79.8 Å². The van der Waals surface area contributed by atoms with E-state index in [1.165, 1.54) is 0 Å². The van der Waals surface area contributed by atoms with Gasteiger partial charge in [-0.05, 0) is 30.7 Å². The third-order valence-corrected chi connectivity index (χ3v) is 5.02. The fraction of sp³-hybridized carbons (Fsp3) is 0.450. The highest BCUT2D eigenvalue weighted by Gasteiger charge is 2.21. The zero-order valence-corrected chi connectivity index (χ0v) is 16.0. The van der Waals surface area contributed by atoms with Crippen LogP contribution < -0.4 is 19.7 Å². The van der Waals surface area contributed by atoms with Crippen molar-refractivity contribution in [3.63, 3.8) is 0 Å². The van der Waals surface area contributed by atoms with Gasteiger partial charge >= 0.3 is 0 Å². The minimum atomic E-state index is -0.0951. The molecule has 0 spiro atoms. The molecular weight excluding hydrogens is 358 g/mol. The summed E-state index contributed by atoms with van der Waals surface area (Å²) in [4.78, 5) is 25.4. The Labute approximate surface area is 164 Å². The van der Waals surface area contributed by atoms with E-state index in [-0.39, 0.29) is 11.9 Å². The summed E-state index contributed by atoms with van der Waals surface area (Å²) in [5.74, 6) is 2.27. The number of nitrogens with one attached hydrogen (secondary N) is 1. The molecule has 2 aliphatic rings. The van der Waals surface area contributed by atoms with E-state index in [2.05, 4.69) is 25.1 Å². The molecule has 1 aromatic carbocycles. The molecule has 8 nitrogen and oxygen atoms in total. The number of hydrogen-bond donors (Lipinski definition) is 1. The average molecular weight is 383 g/mol. The molecular formula is C20H25N5O3. The molecule has 0 saturated carbocycles. The first-order valence-corrected chi connectivity index (χ1v) is 9.62. The number of carbonyl (C=O) groups excluding carboxylic acids is 1. The van der Waals surface area contributed by atoms with Gasteiger partial charge in [-0.15, -0.1) is 0 Å². The number of fused-ring (bicyclic) bond motifs is 1. The van der Waals surface area contributed by atoms with Crippen molar-refractivity contribution in [2.45, 2.75) is 13.0 Å². The van der Waals surface area contributed by atoms with E-state index in [0.29, 0.717) is 19.8 Å². The molecule has 1 amide bonds. The molecule has 1 fully saturated rings. The molecule has 2 aromatic rings. The predicted octanol–water partition coefficient (Wildman–Crippen LogP) is 1.25. The molecule has 3 heterocycles. The molecule has 28 heavy (non-hydrogen) atoms. The number of carbonyl (C=O) groups is 1. The molecule has 0 bridgehead atoms. The van der Waals surface area contributed by atoms with Gasteiger partial charge in [-0.3, -0.25) is 9.69 Å². The van der Waals surface area contributed by atoms with Crippen LogP contribution in [0.2, 0.25) is 0 Å². The number of piperazine rings is 1. The van der Waals surface area contributed by atoms with Gasteiger partial charge in [0.2, 0.25) is 11.9 Å². The van der Waals surface area contributed by atoms with Crippen molar-refractivity contribution < 1.29 is 14.3 Å². The quantitative estimate of drug-likeness (QED) is 0.832.